The van der Waals surface area contributed by atoms with Crippen LogP contribution >= 0.6 is 0 Å². The van der Waals surface area contributed by atoms with Gasteiger partial charge in [-0.25, -0.2) is 0 Å². The van der Waals surface area contributed by atoms with Gasteiger partial charge < -0.3 is 10.5 Å². The van der Waals surface area contributed by atoms with Gasteiger partial charge in [-0.1, -0.05) is 31.2 Å². The van der Waals surface area contributed by atoms with E-state index in [2.05, 4.69) is 28.9 Å². The highest BCUT2D eigenvalue weighted by Crippen LogP contribution is 2.26. The molecule has 1 aliphatic rings. The van der Waals surface area contributed by atoms with Gasteiger partial charge in [-0.3, -0.25) is 9.88 Å². The van der Waals surface area contributed by atoms with Crippen molar-refractivity contribution in [3.8, 4) is 0 Å². The Morgan fingerprint density at radius 2 is 2.24 bits per heavy atom. The zero-order valence-electron chi connectivity index (χ0n) is 12.5. The van der Waals surface area contributed by atoms with E-state index in [-0.39, 0.29) is 12.1 Å². The molecule has 1 fully saturated rings. The van der Waals surface area contributed by atoms with E-state index in [1.165, 1.54) is 5.39 Å². The Hall–Kier alpha value is -1.49. The van der Waals surface area contributed by atoms with Gasteiger partial charge in [-0.15, -0.1) is 0 Å². The minimum absolute atomic E-state index is 0.0397. The molecule has 1 saturated heterocycles. The Morgan fingerprint density at radius 3 is 3.10 bits per heavy atom. The molecule has 2 atom stereocenters. The normalized spacial score (nSPS) is 21.5. The predicted octanol–water partition coefficient (Wildman–Crippen LogP) is 2.35. The van der Waals surface area contributed by atoms with Crippen molar-refractivity contribution in [1.82, 2.24) is 9.88 Å². The van der Waals surface area contributed by atoms with E-state index in [0.717, 1.165) is 43.6 Å². The van der Waals surface area contributed by atoms with Crippen LogP contribution in [0.15, 0.2) is 36.7 Å². The molecule has 1 aromatic heterocycles. The van der Waals surface area contributed by atoms with E-state index >= 15 is 0 Å². The third-order valence-electron chi connectivity index (χ3n) is 4.18. The molecule has 21 heavy (non-hydrogen) atoms. The lowest BCUT2D eigenvalue weighted by Gasteiger charge is -2.35. The summed E-state index contributed by atoms with van der Waals surface area (Å²) in [4.78, 5) is 6.77. The Balaban J connectivity index is 1.84. The van der Waals surface area contributed by atoms with Crippen molar-refractivity contribution in [2.45, 2.75) is 25.5 Å². The number of fused-ring (bicyclic) bond motifs is 1. The van der Waals surface area contributed by atoms with E-state index in [9.17, 15) is 0 Å². The molecule has 0 aliphatic carbocycles. The number of aromatic nitrogens is 1. The lowest BCUT2D eigenvalue weighted by molar-refractivity contribution is -0.0406. The van der Waals surface area contributed by atoms with E-state index in [1.807, 2.05) is 24.5 Å². The van der Waals surface area contributed by atoms with Crippen molar-refractivity contribution >= 4 is 10.8 Å². The third-order valence-corrected chi connectivity index (χ3v) is 4.18. The molecule has 3 rings (SSSR count). The van der Waals surface area contributed by atoms with E-state index < -0.39 is 0 Å². The fraction of sp³-hybridized carbons (Fsp3) is 0.471. The number of ether oxygens (including phenoxy) is 1. The summed E-state index contributed by atoms with van der Waals surface area (Å²) in [6, 6.07) is 8.12. The predicted molar refractivity (Wildman–Crippen MR) is 85.1 cm³/mol. The Bertz CT molecular complexity index is 594. The Kier molecular flexibility index (Phi) is 4.48. The molecule has 1 aromatic carbocycles. The molecule has 2 aromatic rings. The summed E-state index contributed by atoms with van der Waals surface area (Å²) in [6.07, 6.45) is 4.97. The summed E-state index contributed by atoms with van der Waals surface area (Å²) in [7, 11) is 0. The van der Waals surface area contributed by atoms with Gasteiger partial charge in [0.1, 0.15) is 0 Å². The van der Waals surface area contributed by atoms with Gasteiger partial charge in [-0.2, -0.15) is 0 Å². The van der Waals surface area contributed by atoms with Crippen molar-refractivity contribution in [1.29, 1.82) is 0 Å². The molecule has 0 bridgehead atoms. The van der Waals surface area contributed by atoms with E-state index in [1.54, 1.807) is 0 Å². The summed E-state index contributed by atoms with van der Waals surface area (Å²) in [5.74, 6) is 0. The van der Waals surface area contributed by atoms with E-state index in [0.29, 0.717) is 0 Å². The van der Waals surface area contributed by atoms with Crippen LogP contribution in [-0.4, -0.2) is 42.2 Å². The molecule has 2 N–H and O–H groups in total. The van der Waals surface area contributed by atoms with Crippen LogP contribution in [0.25, 0.3) is 10.8 Å². The second kappa shape index (κ2) is 6.52. The van der Waals surface area contributed by atoms with Crippen molar-refractivity contribution in [2.24, 2.45) is 5.73 Å². The topological polar surface area (TPSA) is 51.4 Å². The standard InChI is InChI=1S/C17H23N3O/c1-2-7-20-8-9-21-16(12-20)17(18)15-11-19-10-13-5-3-4-6-14(13)15/h3-6,10-11,16-17H,2,7-9,12,18H2,1H3. The monoisotopic (exact) mass is 285 g/mol. The molecule has 4 nitrogen and oxygen atoms in total. The first kappa shape index (κ1) is 14.4. The van der Waals surface area contributed by atoms with Gasteiger partial charge in [0, 0.05) is 30.9 Å². The minimum Gasteiger partial charge on any atom is -0.374 e. The highest BCUT2D eigenvalue weighted by atomic mass is 16.5. The van der Waals surface area contributed by atoms with Crippen LogP contribution in [0.2, 0.25) is 0 Å². The number of hydrogen-bond acceptors (Lipinski definition) is 4. The maximum Gasteiger partial charge on any atom is 0.0895 e. The molecule has 0 radical (unpaired) electrons. The zero-order chi connectivity index (χ0) is 14.7. The van der Waals surface area contributed by atoms with Gasteiger partial charge >= 0.3 is 0 Å². The van der Waals surface area contributed by atoms with Gasteiger partial charge in [-0.05, 0) is 23.9 Å². The van der Waals surface area contributed by atoms with Crippen LogP contribution in [0.5, 0.6) is 0 Å². The zero-order valence-corrected chi connectivity index (χ0v) is 12.5. The number of pyridine rings is 1. The molecular weight excluding hydrogens is 262 g/mol. The largest absolute Gasteiger partial charge is 0.374 e. The molecule has 0 saturated carbocycles. The summed E-state index contributed by atoms with van der Waals surface area (Å²) in [5.41, 5.74) is 7.58. The number of rotatable bonds is 4. The lowest BCUT2D eigenvalue weighted by atomic mass is 9.97. The second-order valence-corrected chi connectivity index (χ2v) is 5.69. The van der Waals surface area contributed by atoms with Crippen molar-refractivity contribution in [3.63, 3.8) is 0 Å². The maximum absolute atomic E-state index is 6.50. The highest BCUT2D eigenvalue weighted by molar-refractivity contribution is 5.85. The summed E-state index contributed by atoms with van der Waals surface area (Å²) >= 11 is 0. The van der Waals surface area contributed by atoms with Gasteiger partial charge in [0.15, 0.2) is 0 Å². The Morgan fingerprint density at radius 1 is 1.38 bits per heavy atom. The van der Waals surface area contributed by atoms with Crippen molar-refractivity contribution < 1.29 is 4.74 Å². The smallest absolute Gasteiger partial charge is 0.0895 e. The minimum atomic E-state index is -0.136. The summed E-state index contributed by atoms with van der Waals surface area (Å²) < 4.78 is 5.93. The lowest BCUT2D eigenvalue weighted by Crippen LogP contribution is -2.47. The number of morpholine rings is 1. The molecule has 1 aliphatic heterocycles. The van der Waals surface area contributed by atoms with E-state index in [4.69, 9.17) is 10.5 Å². The summed E-state index contributed by atoms with van der Waals surface area (Å²) in [5, 5.41) is 2.31. The van der Waals surface area contributed by atoms with Crippen LogP contribution in [0.3, 0.4) is 0 Å². The van der Waals surface area contributed by atoms with Crippen LogP contribution < -0.4 is 5.73 Å². The molecule has 2 unspecified atom stereocenters. The van der Waals surface area contributed by atoms with Crippen LogP contribution in [-0.2, 0) is 4.74 Å². The van der Waals surface area contributed by atoms with Crippen molar-refractivity contribution in [2.75, 3.05) is 26.2 Å². The third kappa shape index (κ3) is 3.07. The van der Waals surface area contributed by atoms with Crippen LogP contribution in [0.1, 0.15) is 24.9 Å². The first-order valence-corrected chi connectivity index (χ1v) is 7.71. The first-order chi connectivity index (χ1) is 10.3. The molecule has 2 heterocycles. The quantitative estimate of drug-likeness (QED) is 0.937. The average Bonchev–Trinajstić information content (AvgIpc) is 2.54. The number of nitrogens with two attached hydrogens (primary N) is 1. The van der Waals surface area contributed by atoms with Crippen LogP contribution in [0, 0.1) is 0 Å². The fourth-order valence-corrected chi connectivity index (χ4v) is 3.07. The van der Waals surface area contributed by atoms with Gasteiger partial charge in [0.25, 0.3) is 0 Å². The Labute approximate surface area is 125 Å². The van der Waals surface area contributed by atoms with Crippen molar-refractivity contribution in [3.05, 3.63) is 42.2 Å². The van der Waals surface area contributed by atoms with Crippen LogP contribution in [0.4, 0.5) is 0 Å². The second-order valence-electron chi connectivity index (χ2n) is 5.69. The average molecular weight is 285 g/mol. The fourth-order valence-electron chi connectivity index (χ4n) is 3.07. The molecule has 0 amide bonds. The SMILES string of the molecule is CCCN1CCOC(C(N)c2cncc3ccccc23)C1. The molecule has 0 spiro atoms. The van der Waals surface area contributed by atoms with Gasteiger partial charge in [0.2, 0.25) is 0 Å². The molecule has 4 heteroatoms. The first-order valence-electron chi connectivity index (χ1n) is 7.71. The molecule has 112 valence electrons. The highest BCUT2D eigenvalue weighted by Gasteiger charge is 2.27. The number of benzene rings is 1. The summed E-state index contributed by atoms with van der Waals surface area (Å²) in [6.45, 7) is 5.99. The maximum atomic E-state index is 6.50. The molecular formula is C17H23N3O. The number of nitrogens with zero attached hydrogens (tertiary/aromatic N) is 2. The van der Waals surface area contributed by atoms with Gasteiger partial charge in [0.05, 0.1) is 18.8 Å². The number of hydrogen-bond donors (Lipinski definition) is 1.